The molecule has 5 nitrogen and oxygen atoms in total. The predicted octanol–water partition coefficient (Wildman–Crippen LogP) is 2.79. The molecule has 0 spiro atoms. The Morgan fingerprint density at radius 2 is 1.91 bits per heavy atom. The van der Waals surface area contributed by atoms with Gasteiger partial charge in [-0.3, -0.25) is 4.79 Å². The third-order valence-corrected chi connectivity index (χ3v) is 4.93. The fourth-order valence-corrected chi connectivity index (χ4v) is 3.81. The van der Waals surface area contributed by atoms with Crippen LogP contribution in [0.2, 0.25) is 0 Å². The number of halogens is 1. The Morgan fingerprint density at radius 1 is 1.18 bits per heavy atom. The van der Waals surface area contributed by atoms with Gasteiger partial charge in [0.05, 0.1) is 4.70 Å². The fraction of sp³-hybridized carbons (Fsp3) is 0.267. The van der Waals surface area contributed by atoms with Crippen molar-refractivity contribution in [1.29, 1.82) is 0 Å². The topological polar surface area (TPSA) is 61.9 Å². The van der Waals surface area contributed by atoms with E-state index in [-0.39, 0.29) is 11.4 Å². The zero-order chi connectivity index (χ0) is 15.1. The summed E-state index contributed by atoms with van der Waals surface area (Å²) in [5, 5.41) is 7.48. The summed E-state index contributed by atoms with van der Waals surface area (Å²) in [5.74, 6) is -0.300. The highest BCUT2D eigenvalue weighted by Crippen LogP contribution is 2.34. The van der Waals surface area contributed by atoms with E-state index < -0.39 is 0 Å². The second-order valence-electron chi connectivity index (χ2n) is 5.28. The van der Waals surface area contributed by atoms with Crippen LogP contribution in [0.15, 0.2) is 29.1 Å². The first kappa shape index (κ1) is 13.4. The second kappa shape index (κ2) is 5.17. The Balaban J connectivity index is 1.90. The minimum atomic E-state index is -0.300. The number of nitrogens with zero attached hydrogens (tertiary/aromatic N) is 3. The van der Waals surface area contributed by atoms with Gasteiger partial charge in [-0.2, -0.15) is 5.10 Å². The summed E-state index contributed by atoms with van der Waals surface area (Å²) in [6.07, 6.45) is 2.30. The molecular weight excluding hydrogens is 303 g/mol. The number of hydrogen-bond acceptors (Lipinski definition) is 5. The van der Waals surface area contributed by atoms with Gasteiger partial charge in [-0.25, -0.2) is 14.5 Å². The maximum atomic E-state index is 13.1. The van der Waals surface area contributed by atoms with Gasteiger partial charge in [0.15, 0.2) is 10.6 Å². The van der Waals surface area contributed by atoms with E-state index in [1.165, 1.54) is 23.5 Å². The minimum Gasteiger partial charge on any atom is -0.348 e. The van der Waals surface area contributed by atoms with Gasteiger partial charge in [-0.05, 0) is 37.1 Å². The van der Waals surface area contributed by atoms with Gasteiger partial charge in [0.1, 0.15) is 11.5 Å². The molecule has 0 unspecified atom stereocenters. The van der Waals surface area contributed by atoms with Crippen LogP contribution < -0.4 is 10.5 Å². The molecule has 1 aromatic carbocycles. The Morgan fingerprint density at radius 3 is 2.64 bits per heavy atom. The van der Waals surface area contributed by atoms with Crippen molar-refractivity contribution in [2.24, 2.45) is 0 Å². The summed E-state index contributed by atoms with van der Waals surface area (Å²) < 4.78 is 13.8. The largest absolute Gasteiger partial charge is 0.348 e. The van der Waals surface area contributed by atoms with Gasteiger partial charge in [0.2, 0.25) is 0 Å². The molecule has 7 heteroatoms. The molecule has 0 radical (unpaired) electrons. The first-order valence-electron chi connectivity index (χ1n) is 7.12. The van der Waals surface area contributed by atoms with Crippen LogP contribution in [0.1, 0.15) is 12.8 Å². The Bertz CT molecular complexity index is 881. The monoisotopic (exact) mass is 316 g/mol. The highest BCUT2D eigenvalue weighted by molar-refractivity contribution is 7.22. The van der Waals surface area contributed by atoms with E-state index >= 15 is 0 Å². The van der Waals surface area contributed by atoms with E-state index in [9.17, 15) is 9.18 Å². The zero-order valence-corrected chi connectivity index (χ0v) is 12.5. The number of thiazole rings is 1. The molecule has 22 heavy (non-hydrogen) atoms. The van der Waals surface area contributed by atoms with Crippen molar-refractivity contribution in [1.82, 2.24) is 15.2 Å². The molecule has 112 valence electrons. The number of aromatic nitrogens is 3. The molecule has 0 aliphatic carbocycles. The molecule has 1 saturated heterocycles. The van der Waals surface area contributed by atoms with Crippen molar-refractivity contribution in [2.75, 3.05) is 18.0 Å². The normalized spacial score (nSPS) is 14.9. The SMILES string of the molecule is O=c1[nH]nc(-c2ccc(F)cc2)c2sc(N3CCCC3)nc12. The van der Waals surface area contributed by atoms with Gasteiger partial charge in [-0.15, -0.1) is 0 Å². The van der Waals surface area contributed by atoms with Crippen molar-refractivity contribution in [3.05, 3.63) is 40.4 Å². The van der Waals surface area contributed by atoms with Crippen molar-refractivity contribution in [3.8, 4) is 11.3 Å². The van der Waals surface area contributed by atoms with E-state index in [4.69, 9.17) is 0 Å². The first-order chi connectivity index (χ1) is 10.7. The van der Waals surface area contributed by atoms with Crippen LogP contribution in [0.25, 0.3) is 21.5 Å². The van der Waals surface area contributed by atoms with E-state index in [1.807, 2.05) is 0 Å². The average Bonchev–Trinajstić information content (AvgIpc) is 3.18. The lowest BCUT2D eigenvalue weighted by Crippen LogP contribution is -2.17. The number of H-pyrrole nitrogens is 1. The summed E-state index contributed by atoms with van der Waals surface area (Å²) in [7, 11) is 0. The third kappa shape index (κ3) is 2.18. The van der Waals surface area contributed by atoms with Gasteiger partial charge in [-0.1, -0.05) is 11.3 Å². The molecule has 0 atom stereocenters. The number of rotatable bonds is 2. The number of hydrogen-bond donors (Lipinski definition) is 1. The van der Waals surface area contributed by atoms with E-state index in [0.29, 0.717) is 11.2 Å². The van der Waals surface area contributed by atoms with Gasteiger partial charge in [0, 0.05) is 18.7 Å². The third-order valence-electron chi connectivity index (χ3n) is 3.81. The number of aromatic amines is 1. The van der Waals surface area contributed by atoms with Crippen molar-refractivity contribution >= 4 is 26.7 Å². The lowest BCUT2D eigenvalue weighted by atomic mass is 10.1. The smallest absolute Gasteiger partial charge is 0.291 e. The number of nitrogens with one attached hydrogen (secondary N) is 1. The molecule has 1 aliphatic heterocycles. The van der Waals surface area contributed by atoms with Crippen LogP contribution in [-0.4, -0.2) is 28.3 Å². The predicted molar refractivity (Wildman–Crippen MR) is 84.9 cm³/mol. The van der Waals surface area contributed by atoms with Gasteiger partial charge < -0.3 is 4.90 Å². The number of fused-ring (bicyclic) bond motifs is 1. The van der Waals surface area contributed by atoms with Crippen LogP contribution >= 0.6 is 11.3 Å². The van der Waals surface area contributed by atoms with Crippen molar-refractivity contribution in [3.63, 3.8) is 0 Å². The fourth-order valence-electron chi connectivity index (χ4n) is 2.68. The molecule has 1 aliphatic rings. The van der Waals surface area contributed by atoms with E-state index in [1.54, 1.807) is 12.1 Å². The maximum Gasteiger partial charge on any atom is 0.291 e. The standard InChI is InChI=1S/C15H13FN4OS/c16-10-5-3-9(4-6-10)11-13-12(14(21)19-18-11)17-15(22-13)20-7-1-2-8-20/h3-6H,1-2,7-8H2,(H,19,21). The molecule has 1 N–H and O–H groups in total. The lowest BCUT2D eigenvalue weighted by molar-refractivity contribution is 0.628. The first-order valence-corrected chi connectivity index (χ1v) is 7.94. The van der Waals surface area contributed by atoms with Crippen LogP contribution in [0.4, 0.5) is 9.52 Å². The molecule has 1 fully saturated rings. The quantitative estimate of drug-likeness (QED) is 0.790. The molecule has 0 bridgehead atoms. The average molecular weight is 316 g/mol. The molecule has 2 aromatic heterocycles. The minimum absolute atomic E-state index is 0.289. The molecule has 3 heterocycles. The second-order valence-corrected chi connectivity index (χ2v) is 6.25. The molecule has 3 aromatic rings. The summed E-state index contributed by atoms with van der Waals surface area (Å²) in [6.45, 7) is 1.94. The van der Waals surface area contributed by atoms with Gasteiger partial charge in [0.25, 0.3) is 5.56 Å². The summed E-state index contributed by atoms with van der Waals surface area (Å²) in [5.41, 5.74) is 1.51. The summed E-state index contributed by atoms with van der Waals surface area (Å²) in [4.78, 5) is 18.7. The van der Waals surface area contributed by atoms with E-state index in [0.717, 1.165) is 41.3 Å². The highest BCUT2D eigenvalue weighted by Gasteiger charge is 2.20. The van der Waals surface area contributed by atoms with Crippen LogP contribution in [0.5, 0.6) is 0 Å². The zero-order valence-electron chi connectivity index (χ0n) is 11.7. The molecular formula is C15H13FN4OS. The highest BCUT2D eigenvalue weighted by atomic mass is 32.1. The number of anilines is 1. The number of benzene rings is 1. The van der Waals surface area contributed by atoms with Crippen LogP contribution in [-0.2, 0) is 0 Å². The Kier molecular flexibility index (Phi) is 3.15. The molecule has 0 amide bonds. The Hall–Kier alpha value is -2.28. The summed E-state index contributed by atoms with van der Waals surface area (Å²) in [6, 6.07) is 6.09. The summed E-state index contributed by atoms with van der Waals surface area (Å²) >= 11 is 1.47. The maximum absolute atomic E-state index is 13.1. The lowest BCUT2D eigenvalue weighted by Gasteiger charge is -2.11. The van der Waals surface area contributed by atoms with Crippen LogP contribution in [0, 0.1) is 5.82 Å². The van der Waals surface area contributed by atoms with Crippen molar-refractivity contribution in [2.45, 2.75) is 12.8 Å². The van der Waals surface area contributed by atoms with E-state index in [2.05, 4.69) is 20.1 Å². The van der Waals surface area contributed by atoms with Gasteiger partial charge >= 0.3 is 0 Å². The Labute approximate surface area is 129 Å². The van der Waals surface area contributed by atoms with Crippen molar-refractivity contribution < 1.29 is 4.39 Å². The van der Waals surface area contributed by atoms with Crippen LogP contribution in [0.3, 0.4) is 0 Å². The molecule has 4 rings (SSSR count). The molecule has 0 saturated carbocycles.